The number of carbonyl (C=O) groups is 1. The van der Waals surface area contributed by atoms with Gasteiger partial charge in [-0.3, -0.25) is 15.0 Å². The molecule has 1 N–H and O–H groups in total. The van der Waals surface area contributed by atoms with Crippen molar-refractivity contribution in [3.8, 4) is 0 Å². The Kier molecular flexibility index (Phi) is 5.15. The van der Waals surface area contributed by atoms with Crippen molar-refractivity contribution in [2.45, 2.75) is 25.8 Å². The molecular formula is C18H21FN4O. The van der Waals surface area contributed by atoms with Crippen LogP contribution in [-0.2, 0) is 4.79 Å². The topological polar surface area (TPSA) is 58.1 Å². The Morgan fingerprint density at radius 3 is 2.54 bits per heavy atom. The number of anilines is 1. The highest BCUT2D eigenvalue weighted by molar-refractivity contribution is 5.90. The number of aromatic nitrogens is 2. The Hall–Kier alpha value is -2.34. The zero-order chi connectivity index (χ0) is 16.9. The van der Waals surface area contributed by atoms with Crippen LogP contribution >= 0.6 is 0 Å². The van der Waals surface area contributed by atoms with Crippen molar-refractivity contribution in [2.24, 2.45) is 5.92 Å². The second-order valence-electron chi connectivity index (χ2n) is 6.07. The van der Waals surface area contributed by atoms with Crippen molar-refractivity contribution in [2.75, 3.05) is 18.4 Å². The average molecular weight is 328 g/mol. The highest BCUT2D eigenvalue weighted by Crippen LogP contribution is 2.28. The van der Waals surface area contributed by atoms with Gasteiger partial charge in [-0.1, -0.05) is 18.2 Å². The number of hydrogen-bond donors (Lipinski definition) is 1. The van der Waals surface area contributed by atoms with E-state index in [1.807, 2.05) is 19.1 Å². The number of benzene rings is 1. The van der Waals surface area contributed by atoms with E-state index in [2.05, 4.69) is 20.2 Å². The SMILES string of the molecule is C[C@H](c1ccccc1F)N1CCC(C(=O)Nc2ncccn2)CC1. The molecule has 0 unspecified atom stereocenters. The maximum atomic E-state index is 13.9. The van der Waals surface area contributed by atoms with Crippen LogP contribution in [0.3, 0.4) is 0 Å². The van der Waals surface area contributed by atoms with E-state index in [9.17, 15) is 9.18 Å². The number of hydrogen-bond acceptors (Lipinski definition) is 4. The first kappa shape index (κ1) is 16.5. The molecule has 1 aliphatic rings. The normalized spacial score (nSPS) is 17.4. The fraction of sp³-hybridized carbons (Fsp3) is 0.389. The van der Waals surface area contributed by atoms with Crippen LogP contribution in [0.1, 0.15) is 31.4 Å². The maximum absolute atomic E-state index is 13.9. The third-order valence-corrected chi connectivity index (χ3v) is 4.60. The molecule has 0 spiro atoms. The maximum Gasteiger partial charge on any atom is 0.229 e. The van der Waals surface area contributed by atoms with E-state index in [0.29, 0.717) is 11.5 Å². The molecule has 0 aliphatic carbocycles. The van der Waals surface area contributed by atoms with Gasteiger partial charge in [0.1, 0.15) is 5.82 Å². The van der Waals surface area contributed by atoms with Crippen molar-refractivity contribution in [3.63, 3.8) is 0 Å². The molecule has 1 atom stereocenters. The number of piperidine rings is 1. The standard InChI is InChI=1S/C18H21FN4O/c1-13(15-5-2-3-6-16(15)19)23-11-7-14(8-12-23)17(24)22-18-20-9-4-10-21-18/h2-6,9-10,13-14H,7-8,11-12H2,1H3,(H,20,21,22,24)/t13-/m1/s1. The lowest BCUT2D eigenvalue weighted by molar-refractivity contribution is -0.121. The summed E-state index contributed by atoms with van der Waals surface area (Å²) in [5.41, 5.74) is 0.707. The molecule has 0 radical (unpaired) electrons. The highest BCUT2D eigenvalue weighted by atomic mass is 19.1. The van der Waals surface area contributed by atoms with Crippen LogP contribution in [0.25, 0.3) is 0 Å². The fourth-order valence-electron chi connectivity index (χ4n) is 3.14. The lowest BCUT2D eigenvalue weighted by Gasteiger charge is -2.35. The van der Waals surface area contributed by atoms with Crippen LogP contribution < -0.4 is 5.32 Å². The van der Waals surface area contributed by atoms with Crippen molar-refractivity contribution >= 4 is 11.9 Å². The lowest BCUT2D eigenvalue weighted by atomic mass is 9.94. The van der Waals surface area contributed by atoms with E-state index in [0.717, 1.165) is 25.9 Å². The van der Waals surface area contributed by atoms with Gasteiger partial charge in [-0.15, -0.1) is 0 Å². The van der Waals surface area contributed by atoms with Crippen LogP contribution in [0, 0.1) is 11.7 Å². The molecule has 6 heteroatoms. The molecule has 2 heterocycles. The minimum Gasteiger partial charge on any atom is -0.296 e. The first-order valence-corrected chi connectivity index (χ1v) is 8.21. The van der Waals surface area contributed by atoms with E-state index in [1.165, 1.54) is 6.07 Å². The second-order valence-corrected chi connectivity index (χ2v) is 6.07. The van der Waals surface area contributed by atoms with Gasteiger partial charge < -0.3 is 0 Å². The number of halogens is 1. The molecule has 1 aromatic carbocycles. The van der Waals surface area contributed by atoms with Gasteiger partial charge in [0.15, 0.2) is 0 Å². The predicted octanol–water partition coefficient (Wildman–Crippen LogP) is 3.03. The van der Waals surface area contributed by atoms with Crippen LogP contribution in [0.5, 0.6) is 0 Å². The summed E-state index contributed by atoms with van der Waals surface area (Å²) in [5, 5.41) is 2.76. The molecule has 5 nitrogen and oxygen atoms in total. The van der Waals surface area contributed by atoms with Crippen molar-refractivity contribution in [1.82, 2.24) is 14.9 Å². The number of nitrogens with one attached hydrogen (secondary N) is 1. The zero-order valence-electron chi connectivity index (χ0n) is 13.7. The van der Waals surface area contributed by atoms with Crippen LogP contribution in [0.15, 0.2) is 42.7 Å². The number of carbonyl (C=O) groups excluding carboxylic acids is 1. The van der Waals surface area contributed by atoms with E-state index in [-0.39, 0.29) is 23.7 Å². The Labute approximate surface area is 140 Å². The second kappa shape index (κ2) is 7.49. The Morgan fingerprint density at radius 2 is 1.88 bits per heavy atom. The third-order valence-electron chi connectivity index (χ3n) is 4.60. The van der Waals surface area contributed by atoms with Crippen molar-refractivity contribution in [3.05, 3.63) is 54.1 Å². The first-order valence-electron chi connectivity index (χ1n) is 8.21. The Balaban J connectivity index is 1.56. The zero-order valence-corrected chi connectivity index (χ0v) is 13.7. The predicted molar refractivity (Wildman–Crippen MR) is 89.8 cm³/mol. The van der Waals surface area contributed by atoms with Gasteiger partial charge >= 0.3 is 0 Å². The van der Waals surface area contributed by atoms with Gasteiger partial charge in [-0.25, -0.2) is 14.4 Å². The largest absolute Gasteiger partial charge is 0.296 e. The minimum absolute atomic E-state index is 0.00710. The quantitative estimate of drug-likeness (QED) is 0.937. The third kappa shape index (κ3) is 3.76. The van der Waals surface area contributed by atoms with Gasteiger partial charge in [0.05, 0.1) is 0 Å². The van der Waals surface area contributed by atoms with Gasteiger partial charge in [-0.2, -0.15) is 0 Å². The molecule has 3 rings (SSSR count). The molecule has 126 valence electrons. The monoisotopic (exact) mass is 328 g/mol. The van der Waals surface area contributed by atoms with Gasteiger partial charge in [0, 0.05) is 29.9 Å². The van der Waals surface area contributed by atoms with E-state index < -0.39 is 0 Å². The first-order chi connectivity index (χ1) is 11.6. The molecule has 1 saturated heterocycles. The number of likely N-dealkylation sites (tertiary alicyclic amines) is 1. The number of nitrogens with zero attached hydrogens (tertiary/aromatic N) is 3. The van der Waals surface area contributed by atoms with Gasteiger partial charge in [-0.05, 0) is 45.0 Å². The summed E-state index contributed by atoms with van der Waals surface area (Å²) in [6.07, 6.45) is 4.69. The van der Waals surface area contributed by atoms with E-state index in [4.69, 9.17) is 0 Å². The van der Waals surface area contributed by atoms with Gasteiger partial charge in [0.25, 0.3) is 0 Å². The molecule has 24 heavy (non-hydrogen) atoms. The molecule has 1 amide bonds. The summed E-state index contributed by atoms with van der Waals surface area (Å²) in [5.74, 6) is 0.0630. The van der Waals surface area contributed by atoms with Crippen LogP contribution in [0.2, 0.25) is 0 Å². The van der Waals surface area contributed by atoms with E-state index >= 15 is 0 Å². The summed E-state index contributed by atoms with van der Waals surface area (Å²) in [6, 6.07) is 8.59. The summed E-state index contributed by atoms with van der Waals surface area (Å²) in [7, 11) is 0. The summed E-state index contributed by atoms with van der Waals surface area (Å²) in [4.78, 5) is 22.5. The smallest absolute Gasteiger partial charge is 0.229 e. The summed E-state index contributed by atoms with van der Waals surface area (Å²) in [6.45, 7) is 3.54. The van der Waals surface area contributed by atoms with Crippen molar-refractivity contribution in [1.29, 1.82) is 0 Å². The molecule has 0 bridgehead atoms. The van der Waals surface area contributed by atoms with Crippen LogP contribution in [0.4, 0.5) is 10.3 Å². The molecular weight excluding hydrogens is 307 g/mol. The molecule has 2 aromatic rings. The minimum atomic E-state index is -0.175. The van der Waals surface area contributed by atoms with E-state index in [1.54, 1.807) is 24.5 Å². The highest BCUT2D eigenvalue weighted by Gasteiger charge is 2.28. The Morgan fingerprint density at radius 1 is 1.21 bits per heavy atom. The number of amides is 1. The lowest BCUT2D eigenvalue weighted by Crippen LogP contribution is -2.39. The van der Waals surface area contributed by atoms with Crippen LogP contribution in [-0.4, -0.2) is 33.9 Å². The van der Waals surface area contributed by atoms with Gasteiger partial charge in [0.2, 0.25) is 11.9 Å². The number of rotatable bonds is 4. The fourth-order valence-corrected chi connectivity index (χ4v) is 3.14. The molecule has 1 aliphatic heterocycles. The van der Waals surface area contributed by atoms with Crippen molar-refractivity contribution < 1.29 is 9.18 Å². The Bertz CT molecular complexity index is 686. The average Bonchev–Trinajstić information content (AvgIpc) is 2.62. The molecule has 1 aromatic heterocycles. The molecule has 0 saturated carbocycles. The summed E-state index contributed by atoms with van der Waals surface area (Å²) >= 11 is 0. The molecule has 1 fully saturated rings. The summed E-state index contributed by atoms with van der Waals surface area (Å²) < 4.78 is 13.9.